The van der Waals surface area contributed by atoms with Crippen molar-refractivity contribution in [3.63, 3.8) is 0 Å². The Morgan fingerprint density at radius 3 is 2.53 bits per heavy atom. The zero-order chi connectivity index (χ0) is 12.1. The van der Waals surface area contributed by atoms with Crippen molar-refractivity contribution in [2.24, 2.45) is 0 Å². The Bertz CT molecular complexity index is 514. The smallest absolute Gasteiger partial charge is 0.150 e. The number of methoxy groups -OCH3 is 1. The molecular weight excluding hydrogens is 234 g/mol. The van der Waals surface area contributed by atoms with Crippen molar-refractivity contribution in [3.8, 4) is 5.75 Å². The number of rotatable bonds is 4. The molecule has 2 aromatic carbocycles. The maximum absolute atomic E-state index is 12.0. The maximum atomic E-state index is 12.0. The second-order valence-electron chi connectivity index (χ2n) is 3.42. The van der Waals surface area contributed by atoms with E-state index in [2.05, 4.69) is 4.72 Å². The third-order valence-corrected chi connectivity index (χ3v) is 3.36. The van der Waals surface area contributed by atoms with E-state index in [0.29, 0.717) is 0 Å². The van der Waals surface area contributed by atoms with Crippen molar-refractivity contribution in [2.45, 2.75) is 4.90 Å². The Morgan fingerprint density at radius 1 is 1.06 bits per heavy atom. The van der Waals surface area contributed by atoms with Crippen molar-refractivity contribution in [1.82, 2.24) is 0 Å². The van der Waals surface area contributed by atoms with E-state index in [-0.39, 0.29) is 0 Å². The highest BCUT2D eigenvalue weighted by atomic mass is 32.2. The van der Waals surface area contributed by atoms with Crippen LogP contribution in [0.3, 0.4) is 0 Å². The summed E-state index contributed by atoms with van der Waals surface area (Å²) >= 11 is 0. The van der Waals surface area contributed by atoms with Crippen LogP contribution in [0, 0.1) is 0 Å². The quantitative estimate of drug-likeness (QED) is 0.902. The third kappa shape index (κ3) is 3.07. The van der Waals surface area contributed by atoms with Gasteiger partial charge in [0.25, 0.3) is 0 Å². The lowest BCUT2D eigenvalue weighted by Crippen LogP contribution is -2.04. The summed E-state index contributed by atoms with van der Waals surface area (Å²) in [6.45, 7) is 0. The van der Waals surface area contributed by atoms with E-state index in [1.165, 1.54) is 0 Å². The lowest BCUT2D eigenvalue weighted by molar-refractivity contribution is 0.415. The van der Waals surface area contributed by atoms with Gasteiger partial charge in [-0.15, -0.1) is 0 Å². The minimum Gasteiger partial charge on any atom is -0.497 e. The van der Waals surface area contributed by atoms with Gasteiger partial charge in [0.2, 0.25) is 0 Å². The molecule has 0 heterocycles. The normalized spacial score (nSPS) is 11.8. The van der Waals surface area contributed by atoms with Crippen molar-refractivity contribution in [3.05, 3.63) is 54.6 Å². The molecule has 0 bridgehead atoms. The summed E-state index contributed by atoms with van der Waals surface area (Å²) in [7, 11) is 0.354. The molecule has 0 aliphatic rings. The fraction of sp³-hybridized carbons (Fsp3) is 0.0769. The first-order valence-electron chi connectivity index (χ1n) is 5.17. The monoisotopic (exact) mass is 247 g/mol. The van der Waals surface area contributed by atoms with Crippen LogP contribution >= 0.6 is 0 Å². The molecule has 1 atom stereocenters. The lowest BCUT2D eigenvalue weighted by atomic mass is 10.3. The minimum absolute atomic E-state index is 0.736. The number of ether oxygens (including phenoxy) is 1. The Balaban J connectivity index is 2.13. The average molecular weight is 247 g/mol. The van der Waals surface area contributed by atoms with Gasteiger partial charge in [0.1, 0.15) is 16.7 Å². The molecule has 0 aromatic heterocycles. The van der Waals surface area contributed by atoms with Crippen LogP contribution in [-0.2, 0) is 11.0 Å². The van der Waals surface area contributed by atoms with Gasteiger partial charge in [0, 0.05) is 6.07 Å². The molecule has 2 aromatic rings. The molecule has 17 heavy (non-hydrogen) atoms. The molecule has 88 valence electrons. The summed E-state index contributed by atoms with van der Waals surface area (Å²) in [6, 6.07) is 16.6. The molecule has 2 rings (SSSR count). The standard InChI is InChI=1S/C13H13NO2S/c1-16-12-7-5-6-11(10-12)14-17(15)13-8-3-2-4-9-13/h2-10,14H,1H3. The van der Waals surface area contributed by atoms with Gasteiger partial charge in [0.15, 0.2) is 0 Å². The highest BCUT2D eigenvalue weighted by molar-refractivity contribution is 7.86. The fourth-order valence-corrected chi connectivity index (χ4v) is 2.26. The van der Waals surface area contributed by atoms with Gasteiger partial charge in [-0.2, -0.15) is 0 Å². The van der Waals surface area contributed by atoms with E-state index in [1.54, 1.807) is 13.2 Å². The second kappa shape index (κ2) is 5.50. The maximum Gasteiger partial charge on any atom is 0.150 e. The van der Waals surface area contributed by atoms with Gasteiger partial charge >= 0.3 is 0 Å². The number of nitrogens with one attached hydrogen (secondary N) is 1. The summed E-state index contributed by atoms with van der Waals surface area (Å²) in [5.41, 5.74) is 0.770. The highest BCUT2D eigenvalue weighted by Gasteiger charge is 2.03. The van der Waals surface area contributed by atoms with Crippen LogP contribution in [0.4, 0.5) is 5.69 Å². The number of hydrogen-bond donors (Lipinski definition) is 1. The SMILES string of the molecule is COc1cccc(NS(=O)c2ccccc2)c1. The van der Waals surface area contributed by atoms with E-state index in [0.717, 1.165) is 16.3 Å². The first-order chi connectivity index (χ1) is 8.29. The molecule has 4 heteroatoms. The molecule has 0 aliphatic carbocycles. The average Bonchev–Trinajstić information content (AvgIpc) is 2.40. The first kappa shape index (κ1) is 11.7. The number of hydrogen-bond acceptors (Lipinski definition) is 2. The Labute approximate surface area is 103 Å². The van der Waals surface area contributed by atoms with Gasteiger partial charge in [-0.3, -0.25) is 0 Å². The largest absolute Gasteiger partial charge is 0.497 e. The third-order valence-electron chi connectivity index (χ3n) is 2.24. The fourth-order valence-electron chi connectivity index (χ4n) is 1.40. The molecule has 1 N–H and O–H groups in total. The topological polar surface area (TPSA) is 38.3 Å². The molecule has 1 unspecified atom stereocenters. The molecule has 0 saturated heterocycles. The van der Waals surface area contributed by atoms with E-state index in [4.69, 9.17) is 4.74 Å². The molecule has 0 amide bonds. The van der Waals surface area contributed by atoms with Crippen molar-refractivity contribution >= 4 is 16.7 Å². The first-order valence-corrected chi connectivity index (χ1v) is 6.32. The van der Waals surface area contributed by atoms with Gasteiger partial charge in [-0.05, 0) is 24.3 Å². The van der Waals surface area contributed by atoms with E-state index < -0.39 is 11.0 Å². The summed E-state index contributed by atoms with van der Waals surface area (Å²) < 4.78 is 20.0. The van der Waals surface area contributed by atoms with Gasteiger partial charge in [-0.25, -0.2) is 4.21 Å². The summed E-state index contributed by atoms with van der Waals surface area (Å²) in [4.78, 5) is 0.746. The van der Waals surface area contributed by atoms with Gasteiger partial charge < -0.3 is 9.46 Å². The van der Waals surface area contributed by atoms with Gasteiger partial charge in [0.05, 0.1) is 17.7 Å². The molecule has 3 nitrogen and oxygen atoms in total. The minimum atomic E-state index is -1.25. The van der Waals surface area contributed by atoms with Crippen LogP contribution in [0.15, 0.2) is 59.5 Å². The number of benzene rings is 2. The molecular formula is C13H13NO2S. The Morgan fingerprint density at radius 2 is 1.82 bits per heavy atom. The molecule has 0 spiro atoms. The lowest BCUT2D eigenvalue weighted by Gasteiger charge is -2.07. The van der Waals surface area contributed by atoms with E-state index >= 15 is 0 Å². The second-order valence-corrected chi connectivity index (χ2v) is 4.63. The van der Waals surface area contributed by atoms with Crippen LogP contribution in [0.25, 0.3) is 0 Å². The molecule has 0 aliphatic heterocycles. The Hall–Kier alpha value is -1.81. The zero-order valence-electron chi connectivity index (χ0n) is 9.42. The Kier molecular flexibility index (Phi) is 3.77. The van der Waals surface area contributed by atoms with E-state index in [1.807, 2.05) is 48.5 Å². The molecule has 0 saturated carbocycles. The van der Waals surface area contributed by atoms with Crippen LogP contribution in [0.2, 0.25) is 0 Å². The van der Waals surface area contributed by atoms with Crippen LogP contribution < -0.4 is 9.46 Å². The summed E-state index contributed by atoms with van der Waals surface area (Å²) in [5, 5.41) is 0. The highest BCUT2D eigenvalue weighted by Crippen LogP contribution is 2.18. The van der Waals surface area contributed by atoms with Crippen LogP contribution in [0.1, 0.15) is 0 Å². The molecule has 0 radical (unpaired) electrons. The predicted octanol–water partition coefficient (Wildman–Crippen LogP) is 2.83. The summed E-state index contributed by atoms with van der Waals surface area (Å²) in [5.74, 6) is 0.736. The van der Waals surface area contributed by atoms with Crippen molar-refractivity contribution in [1.29, 1.82) is 0 Å². The number of anilines is 1. The van der Waals surface area contributed by atoms with Crippen molar-refractivity contribution < 1.29 is 8.95 Å². The van der Waals surface area contributed by atoms with Crippen LogP contribution in [0.5, 0.6) is 5.75 Å². The van der Waals surface area contributed by atoms with Crippen molar-refractivity contribution in [2.75, 3.05) is 11.8 Å². The van der Waals surface area contributed by atoms with Crippen LogP contribution in [-0.4, -0.2) is 11.3 Å². The summed E-state index contributed by atoms with van der Waals surface area (Å²) in [6.07, 6.45) is 0. The molecule has 0 fully saturated rings. The van der Waals surface area contributed by atoms with E-state index in [9.17, 15) is 4.21 Å². The predicted molar refractivity (Wildman–Crippen MR) is 69.5 cm³/mol. The zero-order valence-corrected chi connectivity index (χ0v) is 10.2. The van der Waals surface area contributed by atoms with Gasteiger partial charge in [-0.1, -0.05) is 24.3 Å².